The fourth-order valence-corrected chi connectivity index (χ4v) is 11.1. The molecule has 4 heterocycles. The number of hydrogen-bond donors (Lipinski definition) is 1. The monoisotopic (exact) mass is 1080 g/mol. The molecule has 15 heteroatoms. The largest absolute Gasteiger partial charge is 0.337 e. The Labute approximate surface area is 467 Å². The Morgan fingerprint density at radius 3 is 1.33 bits per heavy atom. The van der Waals surface area contributed by atoms with Crippen LogP contribution >= 0.6 is 38.8 Å². The van der Waals surface area contributed by atoms with E-state index in [2.05, 4.69) is 96.9 Å². The van der Waals surface area contributed by atoms with E-state index in [4.69, 9.17) is 0 Å². The fourth-order valence-electron chi connectivity index (χ4n) is 10.2. The molecule has 12 nitrogen and oxygen atoms in total. The predicted octanol–water partition coefficient (Wildman–Crippen LogP) is 10.4. The van der Waals surface area contributed by atoms with Gasteiger partial charge in [-0.1, -0.05) is 117 Å². The number of thioether (sulfide) groups is 1. The van der Waals surface area contributed by atoms with Crippen molar-refractivity contribution in [2.45, 2.75) is 83.4 Å². The van der Waals surface area contributed by atoms with Gasteiger partial charge in [0.25, 0.3) is 11.8 Å². The Morgan fingerprint density at radius 2 is 0.907 bits per heavy atom. The zero-order chi connectivity index (χ0) is 50.0. The summed E-state index contributed by atoms with van der Waals surface area (Å²) in [7, 11) is 7.53. The van der Waals surface area contributed by atoms with Crippen LogP contribution in [0.5, 0.6) is 0 Å². The van der Waals surface area contributed by atoms with Gasteiger partial charge in [-0.25, -0.2) is 9.59 Å². The number of rotatable bonds is 12. The van der Waals surface area contributed by atoms with Crippen LogP contribution in [0.15, 0.2) is 132 Å². The highest BCUT2D eigenvalue weighted by atomic mass is 32.2. The molecule has 4 aliphatic heterocycles. The number of nitrogens with zero attached hydrogens (tertiary/aromatic N) is 7. The SMILES string of the molecule is C.C.Cc1ccc(-c2ccc(C(=O)N(C)[C@H]3CCN(C(=O)N(C)C4CCN(CCSc5ccccc5)C4)C3)cc2)cc1.Cc1ccc(-c2ccc(C(=O)N(C)[C@H]3CCN(C(=O)N(C)C4CCNC4)C3)cc2)cc1.S.S. The number of nitrogens with one attached hydrogen (secondary N) is 1. The average Bonchev–Trinajstić information content (AvgIpc) is 4.28. The van der Waals surface area contributed by atoms with Crippen molar-refractivity contribution in [1.82, 2.24) is 39.6 Å². The van der Waals surface area contributed by atoms with Crippen LogP contribution in [-0.2, 0) is 0 Å². The number of likely N-dealkylation sites (tertiary alicyclic amines) is 3. The number of urea groups is 2. The Hall–Kier alpha value is -5.45. The Balaban J connectivity index is 0.000000317. The lowest BCUT2D eigenvalue weighted by molar-refractivity contribution is 0.0727. The maximum absolute atomic E-state index is 13.4. The van der Waals surface area contributed by atoms with Crippen LogP contribution < -0.4 is 5.32 Å². The number of benzene rings is 5. The molecule has 0 aromatic heterocycles. The highest BCUT2D eigenvalue weighted by molar-refractivity contribution is 7.99. The summed E-state index contributed by atoms with van der Waals surface area (Å²) >= 11 is 1.88. The van der Waals surface area contributed by atoms with Crippen molar-refractivity contribution in [3.8, 4) is 22.3 Å². The molecule has 9 rings (SSSR count). The summed E-state index contributed by atoms with van der Waals surface area (Å²) in [6, 6.07) is 43.6. The maximum Gasteiger partial charge on any atom is 0.320 e. The summed E-state index contributed by atoms with van der Waals surface area (Å²) in [5.41, 5.74) is 8.29. The fraction of sp³-hybridized carbons (Fsp3) is 0.433. The minimum absolute atomic E-state index is 0. The molecule has 4 saturated heterocycles. The summed E-state index contributed by atoms with van der Waals surface area (Å²) in [5.74, 6) is 1.06. The zero-order valence-corrected chi connectivity index (χ0v) is 46.3. The summed E-state index contributed by atoms with van der Waals surface area (Å²) < 4.78 is 0. The van der Waals surface area contributed by atoms with E-state index in [0.717, 1.165) is 86.4 Å². The van der Waals surface area contributed by atoms with Gasteiger partial charge in [-0.3, -0.25) is 9.59 Å². The zero-order valence-electron chi connectivity index (χ0n) is 43.5. The van der Waals surface area contributed by atoms with Crippen molar-refractivity contribution in [1.29, 1.82) is 0 Å². The van der Waals surface area contributed by atoms with Crippen molar-refractivity contribution < 1.29 is 19.2 Å². The molecule has 2 unspecified atom stereocenters. The van der Waals surface area contributed by atoms with Gasteiger partial charge >= 0.3 is 12.1 Å². The number of likely N-dealkylation sites (N-methyl/N-ethyl adjacent to an activating group) is 4. The Kier molecular flexibility index (Phi) is 24.2. The van der Waals surface area contributed by atoms with Gasteiger partial charge in [0, 0.05) is 114 Å². The molecule has 5 aromatic rings. The summed E-state index contributed by atoms with van der Waals surface area (Å²) in [6.45, 7) is 11.5. The minimum atomic E-state index is 0. The van der Waals surface area contributed by atoms with E-state index in [1.165, 1.54) is 16.0 Å². The molecule has 4 aliphatic rings. The topological polar surface area (TPSA) is 103 Å². The third-order valence-electron chi connectivity index (χ3n) is 15.0. The molecule has 0 spiro atoms. The summed E-state index contributed by atoms with van der Waals surface area (Å²) in [6.07, 6.45) is 3.62. The highest BCUT2D eigenvalue weighted by Gasteiger charge is 2.37. The standard InChI is InChI=1S/C33H40N4O2S.C25H32N4O2.2CH4.2H2S/c1-25-9-11-26(12-10-25)27-13-15-28(16-14-27)32(38)34(2)30-18-20-37(24-30)33(39)35(3)29-17-19-36(23-29)21-22-40-31-7-5-4-6-8-31;1-18-4-6-19(7-5-18)20-8-10-21(11-9-20)24(30)27(2)23-13-15-29(17-23)25(31)28(3)22-12-14-26-16-22;;;;/h4-16,29-30H,17-24H2,1-3H3;4-11,22-23,26H,12-17H2,1-3H3;2*1H4;2*1H2/t29?,30-;22?,23-;;;;/m00..../s1. The lowest BCUT2D eigenvalue weighted by atomic mass is 10.0. The quantitative estimate of drug-likeness (QED) is 0.124. The van der Waals surface area contributed by atoms with Gasteiger partial charge in [-0.15, -0.1) is 11.8 Å². The van der Waals surface area contributed by atoms with Crippen molar-refractivity contribution in [2.24, 2.45) is 0 Å². The third kappa shape index (κ3) is 15.8. The molecule has 1 N–H and O–H groups in total. The number of hydrogen-bond acceptors (Lipinski definition) is 7. The second-order valence-corrected chi connectivity index (χ2v) is 21.0. The lowest BCUT2D eigenvalue weighted by Gasteiger charge is -2.30. The highest BCUT2D eigenvalue weighted by Crippen LogP contribution is 2.27. The molecule has 75 heavy (non-hydrogen) atoms. The summed E-state index contributed by atoms with van der Waals surface area (Å²) in [5, 5.41) is 3.31. The van der Waals surface area contributed by atoms with E-state index >= 15 is 0 Å². The number of carbonyl (C=O) groups is 4. The van der Waals surface area contributed by atoms with Crippen LogP contribution in [0.4, 0.5) is 9.59 Å². The van der Waals surface area contributed by atoms with Crippen molar-refractivity contribution >= 4 is 62.6 Å². The first-order chi connectivity index (χ1) is 34.3. The molecule has 5 aromatic carbocycles. The van der Waals surface area contributed by atoms with E-state index in [0.29, 0.717) is 37.3 Å². The number of amides is 6. The van der Waals surface area contributed by atoms with Crippen LogP contribution in [0.1, 0.15) is 72.4 Å². The van der Waals surface area contributed by atoms with Crippen LogP contribution in [0, 0.1) is 13.8 Å². The van der Waals surface area contributed by atoms with E-state index in [1.807, 2.05) is 119 Å². The smallest absolute Gasteiger partial charge is 0.320 e. The van der Waals surface area contributed by atoms with Gasteiger partial charge in [0.05, 0.1) is 12.1 Å². The van der Waals surface area contributed by atoms with Crippen molar-refractivity contribution in [2.75, 3.05) is 92.8 Å². The lowest BCUT2D eigenvalue weighted by Crippen LogP contribution is -2.47. The molecule has 0 aliphatic carbocycles. The first-order valence-electron chi connectivity index (χ1n) is 25.4. The molecule has 6 amide bonds. The van der Waals surface area contributed by atoms with E-state index in [-0.39, 0.29) is 89.9 Å². The molecule has 0 saturated carbocycles. The first kappa shape index (κ1) is 62.1. The number of carbonyl (C=O) groups excluding carboxylic acids is 4. The van der Waals surface area contributed by atoms with Gasteiger partial charge in [-0.05, 0) is 105 Å². The Bertz CT molecular complexity index is 2570. The van der Waals surface area contributed by atoms with Gasteiger partial charge in [-0.2, -0.15) is 27.0 Å². The second-order valence-electron chi connectivity index (χ2n) is 19.8. The molecular formula is C60H84N8O4S3. The molecule has 406 valence electrons. The van der Waals surface area contributed by atoms with Gasteiger partial charge in [0.15, 0.2) is 0 Å². The minimum Gasteiger partial charge on any atom is -0.337 e. The van der Waals surface area contributed by atoms with Crippen molar-refractivity contribution in [3.63, 3.8) is 0 Å². The Morgan fingerprint density at radius 1 is 0.507 bits per heavy atom. The first-order valence-corrected chi connectivity index (χ1v) is 26.3. The third-order valence-corrected chi connectivity index (χ3v) is 16.0. The van der Waals surface area contributed by atoms with Gasteiger partial charge in [0.1, 0.15) is 0 Å². The molecule has 0 radical (unpaired) electrons. The van der Waals surface area contributed by atoms with Gasteiger partial charge in [0.2, 0.25) is 0 Å². The maximum atomic E-state index is 13.4. The molecule has 0 bridgehead atoms. The molecule has 4 fully saturated rings. The average molecular weight is 1080 g/mol. The van der Waals surface area contributed by atoms with E-state index in [9.17, 15) is 19.2 Å². The normalized spacial score (nSPS) is 18.7. The second kappa shape index (κ2) is 29.2. The van der Waals surface area contributed by atoms with Crippen LogP contribution in [0.25, 0.3) is 22.3 Å². The summed E-state index contributed by atoms with van der Waals surface area (Å²) in [4.78, 5) is 67.5. The van der Waals surface area contributed by atoms with E-state index in [1.54, 1.807) is 4.90 Å². The van der Waals surface area contributed by atoms with Gasteiger partial charge < -0.3 is 39.6 Å². The van der Waals surface area contributed by atoms with Crippen LogP contribution in [-0.4, -0.2) is 175 Å². The molecular weight excluding hydrogens is 993 g/mol. The predicted molar refractivity (Wildman–Crippen MR) is 321 cm³/mol. The van der Waals surface area contributed by atoms with Crippen molar-refractivity contribution in [3.05, 3.63) is 150 Å². The van der Waals surface area contributed by atoms with Crippen LogP contribution in [0.3, 0.4) is 0 Å². The van der Waals surface area contributed by atoms with Crippen LogP contribution in [0.2, 0.25) is 0 Å². The molecule has 4 atom stereocenters. The number of aryl methyl sites for hydroxylation is 2. The van der Waals surface area contributed by atoms with E-state index < -0.39 is 0 Å².